The normalized spacial score (nSPS) is 30.3. The summed E-state index contributed by atoms with van der Waals surface area (Å²) in [5.41, 5.74) is 0.718. The number of ether oxygens (including phenoxy) is 1. The van der Waals surface area contributed by atoms with Crippen molar-refractivity contribution in [3.63, 3.8) is 0 Å². The first-order valence-electron chi connectivity index (χ1n) is 3.21. The monoisotopic (exact) mass is 158 g/mol. The molecule has 0 saturated carbocycles. The van der Waals surface area contributed by atoms with Crippen LogP contribution < -0.4 is 0 Å². The topological polar surface area (TPSA) is 26.3 Å². The van der Waals surface area contributed by atoms with Crippen LogP contribution in [0.15, 0.2) is 10.5 Å². The van der Waals surface area contributed by atoms with E-state index in [1.807, 2.05) is 6.92 Å². The molecule has 1 saturated heterocycles. The molecule has 1 unspecified atom stereocenters. The fourth-order valence-electron chi connectivity index (χ4n) is 0.962. The van der Waals surface area contributed by atoms with E-state index in [0.29, 0.717) is 6.42 Å². The Morgan fingerprint density at radius 3 is 2.60 bits per heavy atom. The van der Waals surface area contributed by atoms with Gasteiger partial charge in [0, 0.05) is 12.0 Å². The number of hydrogen-bond acceptors (Lipinski definition) is 3. The molecule has 0 radical (unpaired) electrons. The first-order chi connectivity index (χ1) is 4.61. The minimum absolute atomic E-state index is 0.0320. The molecule has 0 aliphatic carbocycles. The van der Waals surface area contributed by atoms with Crippen molar-refractivity contribution in [3.05, 3.63) is 10.5 Å². The summed E-state index contributed by atoms with van der Waals surface area (Å²) in [5, 5.41) is 0. The van der Waals surface area contributed by atoms with E-state index < -0.39 is 0 Å². The van der Waals surface area contributed by atoms with Gasteiger partial charge in [-0.15, -0.1) is 12.6 Å². The van der Waals surface area contributed by atoms with Crippen molar-refractivity contribution >= 4 is 18.6 Å². The van der Waals surface area contributed by atoms with Crippen LogP contribution in [-0.4, -0.2) is 12.1 Å². The number of carbonyl (C=O) groups is 1. The maximum absolute atomic E-state index is 10.9. The molecule has 10 heavy (non-hydrogen) atoms. The highest BCUT2D eigenvalue weighted by molar-refractivity contribution is 7.84. The lowest BCUT2D eigenvalue weighted by Crippen LogP contribution is -1.99. The van der Waals surface area contributed by atoms with Gasteiger partial charge in [0.15, 0.2) is 0 Å². The summed E-state index contributed by atoms with van der Waals surface area (Å²) in [5.74, 6) is -0.208. The van der Waals surface area contributed by atoms with Gasteiger partial charge in [-0.3, -0.25) is 0 Å². The van der Waals surface area contributed by atoms with Gasteiger partial charge in [0.2, 0.25) is 0 Å². The van der Waals surface area contributed by atoms with E-state index in [1.54, 1.807) is 6.92 Å². The van der Waals surface area contributed by atoms with Crippen molar-refractivity contribution in [1.82, 2.24) is 0 Å². The van der Waals surface area contributed by atoms with E-state index in [1.165, 1.54) is 0 Å². The molecule has 3 heteroatoms. The van der Waals surface area contributed by atoms with Crippen molar-refractivity contribution in [2.75, 3.05) is 0 Å². The van der Waals surface area contributed by atoms with Crippen LogP contribution in [0.1, 0.15) is 20.3 Å². The van der Waals surface area contributed by atoms with Gasteiger partial charge >= 0.3 is 5.97 Å². The van der Waals surface area contributed by atoms with Gasteiger partial charge in [-0.2, -0.15) is 0 Å². The van der Waals surface area contributed by atoms with Crippen LogP contribution in [0.2, 0.25) is 0 Å². The number of allylic oxidation sites excluding steroid dienone is 1. The molecule has 1 atom stereocenters. The number of esters is 1. The lowest BCUT2D eigenvalue weighted by atomic mass is 10.2. The van der Waals surface area contributed by atoms with Gasteiger partial charge in [-0.25, -0.2) is 4.79 Å². The number of thiol groups is 1. The molecule has 1 rings (SSSR count). The largest absolute Gasteiger partial charge is 0.459 e. The standard InChI is InChI=1S/C7H10O2S/c1-4-3-6(5(2)10)7(8)9-4/h4,10H,3H2,1-2H3/b6-5-. The average molecular weight is 158 g/mol. The van der Waals surface area contributed by atoms with Crippen LogP contribution in [-0.2, 0) is 9.53 Å². The maximum Gasteiger partial charge on any atom is 0.335 e. The minimum Gasteiger partial charge on any atom is -0.459 e. The highest BCUT2D eigenvalue weighted by Crippen LogP contribution is 2.24. The molecular weight excluding hydrogens is 148 g/mol. The Morgan fingerprint density at radius 2 is 2.40 bits per heavy atom. The summed E-state index contributed by atoms with van der Waals surface area (Å²) >= 11 is 4.07. The second-order valence-electron chi connectivity index (χ2n) is 2.48. The Kier molecular flexibility index (Phi) is 2.04. The SMILES string of the molecule is C/C(S)=C1\CC(C)OC1=O. The first-order valence-corrected chi connectivity index (χ1v) is 3.65. The van der Waals surface area contributed by atoms with Crippen LogP contribution in [0, 0.1) is 0 Å². The van der Waals surface area contributed by atoms with Crippen molar-refractivity contribution in [2.24, 2.45) is 0 Å². The lowest BCUT2D eigenvalue weighted by Gasteiger charge is -1.94. The molecule has 0 amide bonds. The molecule has 1 fully saturated rings. The Morgan fingerprint density at radius 1 is 1.80 bits per heavy atom. The molecule has 1 aliphatic rings. The third kappa shape index (κ3) is 1.34. The van der Waals surface area contributed by atoms with E-state index in [-0.39, 0.29) is 12.1 Å². The Labute approximate surface area is 65.7 Å². The lowest BCUT2D eigenvalue weighted by molar-refractivity contribution is -0.138. The quantitative estimate of drug-likeness (QED) is 0.329. The van der Waals surface area contributed by atoms with Gasteiger partial charge in [-0.05, 0) is 18.8 Å². The molecule has 1 aliphatic heterocycles. The van der Waals surface area contributed by atoms with Gasteiger partial charge < -0.3 is 4.74 Å². The van der Waals surface area contributed by atoms with E-state index in [4.69, 9.17) is 4.74 Å². The molecule has 0 aromatic rings. The van der Waals surface area contributed by atoms with E-state index in [0.717, 1.165) is 10.5 Å². The average Bonchev–Trinajstić information content (AvgIpc) is 2.10. The van der Waals surface area contributed by atoms with E-state index >= 15 is 0 Å². The Hall–Kier alpha value is -0.440. The first kappa shape index (κ1) is 7.66. The van der Waals surface area contributed by atoms with Crippen molar-refractivity contribution in [3.8, 4) is 0 Å². The zero-order valence-corrected chi connectivity index (χ0v) is 6.94. The number of carbonyl (C=O) groups excluding carboxylic acids is 1. The van der Waals surface area contributed by atoms with Crippen molar-refractivity contribution < 1.29 is 9.53 Å². The third-order valence-electron chi connectivity index (χ3n) is 1.48. The molecule has 0 bridgehead atoms. The highest BCUT2D eigenvalue weighted by Gasteiger charge is 2.26. The molecule has 1 heterocycles. The smallest absolute Gasteiger partial charge is 0.335 e. The number of rotatable bonds is 0. The summed E-state index contributed by atoms with van der Waals surface area (Å²) in [6.07, 6.45) is 0.735. The van der Waals surface area contributed by atoms with Gasteiger partial charge in [0.25, 0.3) is 0 Å². The number of hydrogen-bond donors (Lipinski definition) is 1. The summed E-state index contributed by atoms with van der Waals surface area (Å²) in [7, 11) is 0. The zero-order valence-electron chi connectivity index (χ0n) is 6.05. The second kappa shape index (κ2) is 2.66. The third-order valence-corrected chi connectivity index (χ3v) is 1.75. The molecular formula is C7H10O2S. The van der Waals surface area contributed by atoms with Crippen molar-refractivity contribution in [2.45, 2.75) is 26.4 Å². The molecule has 0 aromatic carbocycles. The summed E-state index contributed by atoms with van der Waals surface area (Å²) < 4.78 is 4.89. The molecule has 0 N–H and O–H groups in total. The summed E-state index contributed by atoms with van der Waals surface area (Å²) in [6, 6.07) is 0. The Balaban J connectivity index is 2.83. The molecule has 0 spiro atoms. The minimum atomic E-state index is -0.208. The fourth-order valence-corrected chi connectivity index (χ4v) is 1.14. The van der Waals surface area contributed by atoms with Crippen LogP contribution in [0.5, 0.6) is 0 Å². The Bertz CT molecular complexity index is 192. The van der Waals surface area contributed by atoms with E-state index in [2.05, 4.69) is 12.6 Å². The van der Waals surface area contributed by atoms with Gasteiger partial charge in [0.05, 0.1) is 0 Å². The van der Waals surface area contributed by atoms with Crippen LogP contribution in [0.3, 0.4) is 0 Å². The predicted octanol–water partition coefficient (Wildman–Crippen LogP) is 1.53. The zero-order chi connectivity index (χ0) is 7.72. The predicted molar refractivity (Wildman–Crippen MR) is 41.9 cm³/mol. The summed E-state index contributed by atoms with van der Waals surface area (Å²) in [4.78, 5) is 11.7. The van der Waals surface area contributed by atoms with Gasteiger partial charge in [-0.1, -0.05) is 0 Å². The van der Waals surface area contributed by atoms with E-state index in [9.17, 15) is 4.79 Å². The highest BCUT2D eigenvalue weighted by atomic mass is 32.1. The number of cyclic esters (lactones) is 1. The van der Waals surface area contributed by atoms with Gasteiger partial charge in [0.1, 0.15) is 6.10 Å². The second-order valence-corrected chi connectivity index (χ2v) is 3.15. The van der Waals surface area contributed by atoms with Crippen LogP contribution >= 0.6 is 12.6 Å². The fraction of sp³-hybridized carbons (Fsp3) is 0.571. The summed E-state index contributed by atoms with van der Waals surface area (Å²) in [6.45, 7) is 3.68. The van der Waals surface area contributed by atoms with Crippen molar-refractivity contribution in [1.29, 1.82) is 0 Å². The molecule has 2 nitrogen and oxygen atoms in total. The van der Waals surface area contributed by atoms with Crippen LogP contribution in [0.4, 0.5) is 0 Å². The van der Waals surface area contributed by atoms with Crippen LogP contribution in [0.25, 0.3) is 0 Å². The maximum atomic E-state index is 10.9. The molecule has 0 aromatic heterocycles. The molecule has 56 valence electrons.